The molecule has 0 bridgehead atoms. The highest BCUT2D eigenvalue weighted by Gasteiger charge is 2.34. The molecule has 35 heavy (non-hydrogen) atoms. The van der Waals surface area contributed by atoms with Crippen molar-refractivity contribution in [3.63, 3.8) is 0 Å². The fourth-order valence-electron chi connectivity index (χ4n) is 3.61. The van der Waals surface area contributed by atoms with Gasteiger partial charge in [0, 0.05) is 22.2 Å². The normalized spacial score (nSPS) is 14.7. The number of benzene rings is 3. The molecule has 0 aliphatic carbocycles. The van der Waals surface area contributed by atoms with Crippen molar-refractivity contribution < 1.29 is 19.1 Å². The van der Waals surface area contributed by atoms with Crippen LogP contribution in [0, 0.1) is 0 Å². The Morgan fingerprint density at radius 3 is 2.46 bits per heavy atom. The van der Waals surface area contributed by atoms with Crippen LogP contribution in [0.25, 0.3) is 0 Å². The molecule has 0 spiro atoms. The highest BCUT2D eigenvalue weighted by Crippen LogP contribution is 2.34. The maximum Gasteiger partial charge on any atom is 0.276 e. The van der Waals surface area contributed by atoms with Crippen molar-refractivity contribution in [3.05, 3.63) is 86.9 Å². The van der Waals surface area contributed by atoms with Gasteiger partial charge in [0.05, 0.1) is 24.3 Å². The van der Waals surface area contributed by atoms with Gasteiger partial charge in [-0.1, -0.05) is 46.9 Å². The molecule has 0 aromatic heterocycles. The van der Waals surface area contributed by atoms with E-state index in [1.807, 2.05) is 12.1 Å². The molecule has 2 N–H and O–H groups in total. The number of amides is 2. The van der Waals surface area contributed by atoms with E-state index >= 15 is 0 Å². The van der Waals surface area contributed by atoms with E-state index in [0.29, 0.717) is 44.2 Å². The van der Waals surface area contributed by atoms with E-state index in [1.165, 1.54) is 5.01 Å². The van der Waals surface area contributed by atoms with Gasteiger partial charge >= 0.3 is 0 Å². The first-order valence-corrected chi connectivity index (χ1v) is 11.9. The number of hydrogen-bond donors (Lipinski definition) is 2. The number of fused-ring (bicyclic) bond motifs is 1. The molecular formula is C25H22Cl3N3O4. The van der Waals surface area contributed by atoms with Crippen molar-refractivity contribution in [2.45, 2.75) is 19.0 Å². The summed E-state index contributed by atoms with van der Waals surface area (Å²) in [5.41, 5.74) is 4.49. The summed E-state index contributed by atoms with van der Waals surface area (Å²) in [5.74, 6) is 0.453. The average Bonchev–Trinajstić information content (AvgIpc) is 2.85. The second kappa shape index (κ2) is 11.1. The Morgan fingerprint density at radius 2 is 1.74 bits per heavy atom. The van der Waals surface area contributed by atoms with Gasteiger partial charge < -0.3 is 14.8 Å². The van der Waals surface area contributed by atoms with Gasteiger partial charge in [-0.3, -0.25) is 15.0 Å². The number of nitrogens with one attached hydrogen (secondary N) is 2. The Labute approximate surface area is 217 Å². The summed E-state index contributed by atoms with van der Waals surface area (Å²) in [6.45, 7) is 0.265. The molecule has 182 valence electrons. The first-order chi connectivity index (χ1) is 16.9. The summed E-state index contributed by atoms with van der Waals surface area (Å²) in [5, 5.41) is 5.91. The molecule has 1 aliphatic rings. The fraction of sp³-hybridized carbons (Fsp3) is 0.200. The molecule has 0 saturated heterocycles. The van der Waals surface area contributed by atoms with Crippen molar-refractivity contribution in [2.75, 3.05) is 19.0 Å². The summed E-state index contributed by atoms with van der Waals surface area (Å²) in [7, 11) is 1.58. The Morgan fingerprint density at radius 1 is 1.03 bits per heavy atom. The quantitative estimate of drug-likeness (QED) is 0.341. The lowest BCUT2D eigenvalue weighted by atomic mass is 10.0. The number of hydrogen-bond acceptors (Lipinski definition) is 5. The third-order valence-corrected chi connectivity index (χ3v) is 6.12. The zero-order valence-electron chi connectivity index (χ0n) is 18.7. The van der Waals surface area contributed by atoms with Crippen molar-refractivity contribution >= 4 is 52.3 Å². The highest BCUT2D eigenvalue weighted by molar-refractivity contribution is 6.35. The van der Waals surface area contributed by atoms with Crippen molar-refractivity contribution in [1.82, 2.24) is 10.4 Å². The van der Waals surface area contributed by atoms with Crippen LogP contribution < -0.4 is 20.2 Å². The number of nitrogens with zero attached hydrogens (tertiary/aromatic N) is 1. The molecule has 3 aromatic rings. The summed E-state index contributed by atoms with van der Waals surface area (Å²) in [6.07, 6.45) is -0.0852. The molecule has 1 heterocycles. The van der Waals surface area contributed by atoms with Crippen LogP contribution in [0.1, 0.15) is 34.9 Å². The van der Waals surface area contributed by atoms with Crippen molar-refractivity contribution in [2.24, 2.45) is 0 Å². The first-order valence-electron chi connectivity index (χ1n) is 10.8. The zero-order valence-corrected chi connectivity index (χ0v) is 21.0. The average molecular weight is 535 g/mol. The first kappa shape index (κ1) is 25.0. The summed E-state index contributed by atoms with van der Waals surface area (Å²) >= 11 is 18.1. The molecule has 2 amide bonds. The van der Waals surface area contributed by atoms with E-state index in [9.17, 15) is 9.59 Å². The Kier molecular flexibility index (Phi) is 7.90. The molecule has 1 atom stereocenters. The maximum atomic E-state index is 13.3. The van der Waals surface area contributed by atoms with E-state index in [-0.39, 0.29) is 24.8 Å². The lowest BCUT2D eigenvalue weighted by Crippen LogP contribution is -2.52. The number of anilines is 1. The minimum absolute atomic E-state index is 0.132. The largest absolute Gasteiger partial charge is 0.497 e. The van der Waals surface area contributed by atoms with Crippen LogP contribution in [-0.4, -0.2) is 30.5 Å². The standard InChI is InChI=1S/C25H22Cl3N3O4/c1-34-18-8-4-15(5-9-18)24-29-21-10-6-16(26)13-19(21)25(33)31(24)30-23(32)3-2-12-35-22-11-7-17(27)14-20(22)28/h4-11,13-14,24,29H,2-3,12H2,1H3,(H,30,32). The fourth-order valence-corrected chi connectivity index (χ4v) is 4.24. The molecule has 0 saturated carbocycles. The number of ether oxygens (including phenoxy) is 2. The molecule has 1 unspecified atom stereocenters. The lowest BCUT2D eigenvalue weighted by molar-refractivity contribution is -0.126. The van der Waals surface area contributed by atoms with Crippen LogP contribution >= 0.6 is 34.8 Å². The number of halogens is 3. The summed E-state index contributed by atoms with van der Waals surface area (Å²) in [6, 6.07) is 17.2. The van der Waals surface area contributed by atoms with Crippen molar-refractivity contribution in [3.8, 4) is 11.5 Å². The van der Waals surface area contributed by atoms with Gasteiger partial charge in [-0.15, -0.1) is 0 Å². The Bertz CT molecular complexity index is 1240. The third-order valence-electron chi connectivity index (χ3n) is 5.36. The topological polar surface area (TPSA) is 79.9 Å². The SMILES string of the molecule is COc1ccc(C2Nc3ccc(Cl)cc3C(=O)N2NC(=O)CCCOc2ccc(Cl)cc2Cl)cc1. The smallest absolute Gasteiger partial charge is 0.276 e. The van der Waals surface area contributed by atoms with Crippen LogP contribution in [0.2, 0.25) is 15.1 Å². The van der Waals surface area contributed by atoms with Gasteiger partial charge in [-0.25, -0.2) is 5.01 Å². The molecule has 1 aliphatic heterocycles. The Hall–Kier alpha value is -3.13. The van der Waals surface area contributed by atoms with Gasteiger partial charge in [0.25, 0.3) is 5.91 Å². The number of carbonyl (C=O) groups excluding carboxylic acids is 2. The van der Waals surface area contributed by atoms with Crippen LogP contribution in [0.4, 0.5) is 5.69 Å². The van der Waals surface area contributed by atoms with Crippen LogP contribution in [0.15, 0.2) is 60.7 Å². The number of hydrazine groups is 1. The van der Waals surface area contributed by atoms with Crippen LogP contribution in [-0.2, 0) is 4.79 Å². The van der Waals surface area contributed by atoms with Gasteiger partial charge in [0.1, 0.15) is 17.7 Å². The predicted molar refractivity (Wildman–Crippen MR) is 136 cm³/mol. The second-order valence-corrected chi connectivity index (χ2v) is 9.03. The molecule has 7 nitrogen and oxygen atoms in total. The van der Waals surface area contributed by atoms with E-state index in [0.717, 1.165) is 5.56 Å². The minimum Gasteiger partial charge on any atom is -0.497 e. The Balaban J connectivity index is 1.45. The van der Waals surface area contributed by atoms with E-state index in [4.69, 9.17) is 44.3 Å². The molecule has 0 fully saturated rings. The monoisotopic (exact) mass is 533 g/mol. The van der Waals surface area contributed by atoms with E-state index in [2.05, 4.69) is 10.7 Å². The van der Waals surface area contributed by atoms with Crippen LogP contribution in [0.3, 0.4) is 0 Å². The molecule has 0 radical (unpaired) electrons. The number of carbonyl (C=O) groups is 2. The number of rotatable bonds is 8. The van der Waals surface area contributed by atoms with Gasteiger partial charge in [-0.05, 0) is 60.5 Å². The van der Waals surface area contributed by atoms with Crippen LogP contribution in [0.5, 0.6) is 11.5 Å². The third kappa shape index (κ3) is 5.93. The highest BCUT2D eigenvalue weighted by atomic mass is 35.5. The van der Waals surface area contributed by atoms with Gasteiger partial charge in [0.15, 0.2) is 0 Å². The summed E-state index contributed by atoms with van der Waals surface area (Å²) < 4.78 is 10.9. The lowest BCUT2D eigenvalue weighted by Gasteiger charge is -2.38. The summed E-state index contributed by atoms with van der Waals surface area (Å²) in [4.78, 5) is 26.1. The molecule has 10 heteroatoms. The second-order valence-electron chi connectivity index (χ2n) is 7.75. The van der Waals surface area contributed by atoms with E-state index < -0.39 is 6.17 Å². The van der Waals surface area contributed by atoms with Gasteiger partial charge in [0.2, 0.25) is 5.91 Å². The van der Waals surface area contributed by atoms with E-state index in [1.54, 1.807) is 55.6 Å². The molecular weight excluding hydrogens is 513 g/mol. The zero-order chi connectivity index (χ0) is 24.9. The minimum atomic E-state index is -0.629. The predicted octanol–water partition coefficient (Wildman–Crippen LogP) is 6.11. The van der Waals surface area contributed by atoms with Crippen molar-refractivity contribution in [1.29, 1.82) is 0 Å². The molecule has 4 rings (SSSR count). The molecule has 3 aromatic carbocycles. The number of methoxy groups -OCH3 is 1. The maximum absolute atomic E-state index is 13.3. The van der Waals surface area contributed by atoms with Gasteiger partial charge in [-0.2, -0.15) is 0 Å².